The van der Waals surface area contributed by atoms with Gasteiger partial charge in [-0.3, -0.25) is 4.79 Å². The van der Waals surface area contributed by atoms with Crippen LogP contribution in [0, 0.1) is 12.7 Å². The van der Waals surface area contributed by atoms with Crippen molar-refractivity contribution in [2.45, 2.75) is 52.5 Å². The molecule has 3 rings (SSSR count). The molecule has 2 heterocycles. The van der Waals surface area contributed by atoms with Crippen molar-refractivity contribution in [2.75, 3.05) is 24.5 Å². The number of anilines is 1. The lowest BCUT2D eigenvalue weighted by Gasteiger charge is -2.40. The number of hydrogen-bond acceptors (Lipinski definition) is 5. The van der Waals surface area contributed by atoms with Gasteiger partial charge in [0, 0.05) is 38.2 Å². The van der Waals surface area contributed by atoms with Gasteiger partial charge in [-0.15, -0.1) is 0 Å². The van der Waals surface area contributed by atoms with Crippen molar-refractivity contribution in [1.82, 2.24) is 14.9 Å². The maximum Gasteiger partial charge on any atom is 0.224 e. The van der Waals surface area contributed by atoms with E-state index < -0.39 is 5.82 Å². The van der Waals surface area contributed by atoms with Gasteiger partial charge in [-0.25, -0.2) is 14.4 Å². The summed E-state index contributed by atoms with van der Waals surface area (Å²) in [4.78, 5) is 25.0. The second-order valence-corrected chi connectivity index (χ2v) is 7.59. The fourth-order valence-corrected chi connectivity index (χ4v) is 3.57. The third-order valence-corrected chi connectivity index (χ3v) is 5.19. The van der Waals surface area contributed by atoms with Crippen molar-refractivity contribution in [2.24, 2.45) is 0 Å². The number of nitrogens with zero attached hydrogens (tertiary/aromatic N) is 4. The highest BCUT2D eigenvalue weighted by molar-refractivity contribution is 5.76. The number of rotatable bonds is 7. The van der Waals surface area contributed by atoms with Crippen molar-refractivity contribution < 1.29 is 13.9 Å². The Morgan fingerprint density at radius 3 is 2.83 bits per heavy atom. The molecule has 1 aromatic carbocycles. The first-order valence-corrected chi connectivity index (χ1v) is 10.3. The molecular formula is C22H29FN4O2. The molecule has 29 heavy (non-hydrogen) atoms. The Kier molecular flexibility index (Phi) is 7.01. The van der Waals surface area contributed by atoms with Crippen molar-refractivity contribution >= 4 is 11.7 Å². The van der Waals surface area contributed by atoms with Crippen LogP contribution in [0.2, 0.25) is 0 Å². The molecule has 2 aromatic rings. The van der Waals surface area contributed by atoms with Gasteiger partial charge < -0.3 is 14.5 Å². The number of carbonyl (C=O) groups is 1. The zero-order chi connectivity index (χ0) is 20.8. The third-order valence-electron chi connectivity index (χ3n) is 5.19. The highest BCUT2D eigenvalue weighted by Crippen LogP contribution is 2.26. The summed E-state index contributed by atoms with van der Waals surface area (Å²) in [7, 11) is 0. The molecule has 1 fully saturated rings. The highest BCUT2D eigenvalue weighted by Gasteiger charge is 2.28. The van der Waals surface area contributed by atoms with Crippen molar-refractivity contribution in [1.29, 1.82) is 0 Å². The number of carbonyl (C=O) groups excluding carboxylic acids is 1. The Morgan fingerprint density at radius 2 is 2.07 bits per heavy atom. The molecule has 1 atom stereocenters. The molecule has 1 amide bonds. The van der Waals surface area contributed by atoms with Crippen LogP contribution in [0.15, 0.2) is 30.6 Å². The molecule has 7 heteroatoms. The third kappa shape index (κ3) is 5.43. The first-order chi connectivity index (χ1) is 14.0. The minimum atomic E-state index is -0.431. The Hall–Kier alpha value is -2.70. The first-order valence-electron chi connectivity index (χ1n) is 10.3. The minimum absolute atomic E-state index is 0.103. The average molecular weight is 400 g/mol. The fourth-order valence-electron chi connectivity index (χ4n) is 3.57. The average Bonchev–Trinajstić information content (AvgIpc) is 2.71. The number of benzene rings is 1. The lowest BCUT2D eigenvalue weighted by atomic mass is 10.1. The summed E-state index contributed by atoms with van der Waals surface area (Å²) in [5.41, 5.74) is 0.907. The second kappa shape index (κ2) is 9.67. The SMILES string of the molecule is CCCCCC(=O)N1CCN(c2cc(Oc3cc(C)ccc3F)ncn2)C[C@@H]1C. The minimum Gasteiger partial charge on any atom is -0.436 e. The summed E-state index contributed by atoms with van der Waals surface area (Å²) in [6.07, 6.45) is 5.19. The number of aromatic nitrogens is 2. The lowest BCUT2D eigenvalue weighted by Crippen LogP contribution is -2.54. The molecule has 0 aliphatic carbocycles. The summed E-state index contributed by atoms with van der Waals surface area (Å²) >= 11 is 0. The standard InChI is InChI=1S/C22H29FN4O2/c1-4-5-6-7-22(28)27-11-10-26(14-17(27)3)20-13-21(25-15-24-20)29-19-12-16(2)8-9-18(19)23/h8-9,12-13,15,17H,4-7,10-11,14H2,1-3H3/t17-/m0/s1. The molecule has 0 spiro atoms. The maximum atomic E-state index is 14.0. The van der Waals surface area contributed by atoms with E-state index in [-0.39, 0.29) is 17.7 Å². The maximum absolute atomic E-state index is 14.0. The van der Waals surface area contributed by atoms with E-state index in [1.807, 2.05) is 11.8 Å². The summed E-state index contributed by atoms with van der Waals surface area (Å²) < 4.78 is 19.6. The Bertz CT molecular complexity index is 845. The molecule has 1 aliphatic heterocycles. The molecule has 0 radical (unpaired) electrons. The van der Waals surface area contributed by atoms with Crippen LogP contribution < -0.4 is 9.64 Å². The number of unbranched alkanes of at least 4 members (excludes halogenated alkanes) is 2. The molecule has 0 unspecified atom stereocenters. The zero-order valence-corrected chi connectivity index (χ0v) is 17.4. The monoisotopic (exact) mass is 400 g/mol. The summed E-state index contributed by atoms with van der Waals surface area (Å²) in [6.45, 7) is 8.12. The quantitative estimate of drug-likeness (QED) is 0.648. The van der Waals surface area contributed by atoms with E-state index >= 15 is 0 Å². The van der Waals surface area contributed by atoms with Crippen molar-refractivity contribution in [3.05, 3.63) is 42.0 Å². The Labute approximate surface area is 171 Å². The van der Waals surface area contributed by atoms with Gasteiger partial charge in [-0.1, -0.05) is 25.8 Å². The van der Waals surface area contributed by atoms with Crippen molar-refractivity contribution in [3.63, 3.8) is 0 Å². The number of aryl methyl sites for hydroxylation is 1. The van der Waals surface area contributed by atoms with Gasteiger partial charge in [-0.2, -0.15) is 0 Å². The van der Waals surface area contributed by atoms with Gasteiger partial charge in [0.05, 0.1) is 0 Å². The second-order valence-electron chi connectivity index (χ2n) is 7.59. The van der Waals surface area contributed by atoms with Gasteiger partial charge in [0.25, 0.3) is 0 Å². The molecular weight excluding hydrogens is 371 g/mol. The summed E-state index contributed by atoms with van der Waals surface area (Å²) in [5, 5.41) is 0. The van der Waals surface area contributed by atoms with Crippen LogP contribution in [0.25, 0.3) is 0 Å². The van der Waals surface area contributed by atoms with Crippen LogP contribution in [0.4, 0.5) is 10.2 Å². The van der Waals surface area contributed by atoms with Gasteiger partial charge in [0.2, 0.25) is 11.8 Å². The first kappa shape index (κ1) is 21.0. The van der Waals surface area contributed by atoms with Crippen LogP contribution in [0.3, 0.4) is 0 Å². The molecule has 6 nitrogen and oxygen atoms in total. The predicted octanol–water partition coefficient (Wildman–Crippen LogP) is 4.33. The fraction of sp³-hybridized carbons (Fsp3) is 0.500. The molecule has 1 aliphatic rings. The van der Waals surface area contributed by atoms with E-state index in [9.17, 15) is 9.18 Å². The van der Waals surface area contributed by atoms with Gasteiger partial charge in [-0.05, 0) is 38.0 Å². The Balaban J connectivity index is 1.64. The van der Waals surface area contributed by atoms with E-state index in [0.29, 0.717) is 37.8 Å². The van der Waals surface area contributed by atoms with Crippen molar-refractivity contribution in [3.8, 4) is 11.6 Å². The topological polar surface area (TPSA) is 58.6 Å². The van der Waals surface area contributed by atoms with E-state index in [0.717, 1.165) is 24.8 Å². The number of ether oxygens (including phenoxy) is 1. The zero-order valence-electron chi connectivity index (χ0n) is 17.4. The van der Waals surface area contributed by atoms with E-state index in [4.69, 9.17) is 4.74 Å². The number of hydrogen-bond donors (Lipinski definition) is 0. The van der Waals surface area contributed by atoms with Crippen LogP contribution in [0.5, 0.6) is 11.6 Å². The summed E-state index contributed by atoms with van der Waals surface area (Å²) in [6, 6.07) is 6.53. The van der Waals surface area contributed by atoms with Crippen LogP contribution in [-0.2, 0) is 4.79 Å². The number of amides is 1. The Morgan fingerprint density at radius 1 is 1.24 bits per heavy atom. The molecule has 0 N–H and O–H groups in total. The van der Waals surface area contributed by atoms with Crippen LogP contribution in [0.1, 0.15) is 45.1 Å². The highest BCUT2D eigenvalue weighted by atomic mass is 19.1. The largest absolute Gasteiger partial charge is 0.436 e. The normalized spacial score (nSPS) is 16.8. The molecule has 1 saturated heterocycles. The molecule has 0 saturated carbocycles. The van der Waals surface area contributed by atoms with Gasteiger partial charge >= 0.3 is 0 Å². The molecule has 0 bridgehead atoms. The molecule has 1 aromatic heterocycles. The smallest absolute Gasteiger partial charge is 0.224 e. The van der Waals surface area contributed by atoms with Gasteiger partial charge in [0.1, 0.15) is 12.1 Å². The van der Waals surface area contributed by atoms with Gasteiger partial charge in [0.15, 0.2) is 11.6 Å². The van der Waals surface area contributed by atoms with Crippen LogP contribution >= 0.6 is 0 Å². The number of halogens is 1. The van der Waals surface area contributed by atoms with E-state index in [1.54, 1.807) is 18.2 Å². The summed E-state index contributed by atoms with van der Waals surface area (Å²) in [5.74, 6) is 0.954. The predicted molar refractivity (Wildman–Crippen MR) is 111 cm³/mol. The molecule has 156 valence electrons. The lowest BCUT2D eigenvalue weighted by molar-refractivity contribution is -0.133. The van der Waals surface area contributed by atoms with Crippen LogP contribution in [-0.4, -0.2) is 46.5 Å². The number of piperazine rings is 1. The van der Waals surface area contributed by atoms with E-state index in [1.165, 1.54) is 12.4 Å². The van der Waals surface area contributed by atoms with E-state index in [2.05, 4.69) is 28.7 Å².